The highest BCUT2D eigenvalue weighted by atomic mass is 16.5. The molecule has 1 aromatic carbocycles. The third-order valence-electron chi connectivity index (χ3n) is 2.71. The van der Waals surface area contributed by atoms with Gasteiger partial charge in [0.2, 0.25) is 5.91 Å². The molecular formula is C13H19NO3. The monoisotopic (exact) mass is 237 g/mol. The maximum Gasteiger partial charge on any atom is 0.243 e. The summed E-state index contributed by atoms with van der Waals surface area (Å²) < 4.78 is 5.18. The second kappa shape index (κ2) is 6.91. The summed E-state index contributed by atoms with van der Waals surface area (Å²) in [5.74, 6) is 0.306. The van der Waals surface area contributed by atoms with E-state index in [1.54, 1.807) is 7.11 Å². The zero-order valence-electron chi connectivity index (χ0n) is 10.1. The van der Waals surface area contributed by atoms with Gasteiger partial charge >= 0.3 is 0 Å². The SMILES string of the molecule is COc1ccc2c(c1)CCCC2.NC(=O)CO. The van der Waals surface area contributed by atoms with Crippen LogP contribution >= 0.6 is 0 Å². The average Bonchev–Trinajstić information content (AvgIpc) is 2.38. The Hall–Kier alpha value is -1.55. The lowest BCUT2D eigenvalue weighted by Crippen LogP contribution is -2.14. The first-order valence-electron chi connectivity index (χ1n) is 5.72. The summed E-state index contributed by atoms with van der Waals surface area (Å²) in [5.41, 5.74) is 7.41. The van der Waals surface area contributed by atoms with Gasteiger partial charge in [0.05, 0.1) is 7.11 Å². The van der Waals surface area contributed by atoms with Crippen molar-refractivity contribution in [3.8, 4) is 5.75 Å². The Morgan fingerprint density at radius 2 is 1.94 bits per heavy atom. The largest absolute Gasteiger partial charge is 0.497 e. The summed E-state index contributed by atoms with van der Waals surface area (Å²) in [6.45, 7) is -0.556. The van der Waals surface area contributed by atoms with Crippen LogP contribution in [0, 0.1) is 0 Å². The van der Waals surface area contributed by atoms with Gasteiger partial charge in [0.25, 0.3) is 0 Å². The van der Waals surface area contributed by atoms with Crippen molar-refractivity contribution in [1.82, 2.24) is 0 Å². The average molecular weight is 237 g/mol. The quantitative estimate of drug-likeness (QED) is 0.807. The van der Waals surface area contributed by atoms with Crippen molar-refractivity contribution in [2.45, 2.75) is 25.7 Å². The van der Waals surface area contributed by atoms with Crippen molar-refractivity contribution in [1.29, 1.82) is 0 Å². The lowest BCUT2D eigenvalue weighted by Gasteiger charge is -2.15. The molecule has 0 aromatic heterocycles. The molecule has 3 N–H and O–H groups in total. The van der Waals surface area contributed by atoms with Crippen molar-refractivity contribution < 1.29 is 14.6 Å². The van der Waals surface area contributed by atoms with E-state index in [2.05, 4.69) is 23.9 Å². The molecule has 0 bridgehead atoms. The summed E-state index contributed by atoms with van der Waals surface area (Å²) in [6, 6.07) is 6.44. The third-order valence-corrected chi connectivity index (χ3v) is 2.71. The highest BCUT2D eigenvalue weighted by molar-refractivity contribution is 5.74. The maximum absolute atomic E-state index is 9.34. The fourth-order valence-electron chi connectivity index (χ4n) is 1.84. The van der Waals surface area contributed by atoms with E-state index in [1.165, 1.54) is 36.8 Å². The van der Waals surface area contributed by atoms with Crippen molar-refractivity contribution in [3.05, 3.63) is 29.3 Å². The van der Waals surface area contributed by atoms with Gasteiger partial charge in [0.1, 0.15) is 12.4 Å². The molecule has 1 aliphatic rings. The molecule has 1 aromatic rings. The Morgan fingerprint density at radius 1 is 1.35 bits per heavy atom. The Labute approximate surface area is 101 Å². The van der Waals surface area contributed by atoms with E-state index in [9.17, 15) is 4.79 Å². The molecule has 0 saturated heterocycles. The van der Waals surface area contributed by atoms with Crippen molar-refractivity contribution in [3.63, 3.8) is 0 Å². The highest BCUT2D eigenvalue weighted by Crippen LogP contribution is 2.24. The minimum absolute atomic E-state index is 0.556. The topological polar surface area (TPSA) is 72.5 Å². The van der Waals surface area contributed by atoms with Gasteiger partial charge in [-0.1, -0.05) is 6.07 Å². The van der Waals surface area contributed by atoms with Gasteiger partial charge in [-0.05, 0) is 48.9 Å². The molecule has 1 aliphatic carbocycles. The number of nitrogens with two attached hydrogens (primary N) is 1. The van der Waals surface area contributed by atoms with Crippen LogP contribution in [-0.2, 0) is 17.6 Å². The van der Waals surface area contributed by atoms with Gasteiger partial charge in [-0.15, -0.1) is 0 Å². The van der Waals surface area contributed by atoms with Gasteiger partial charge in [-0.25, -0.2) is 0 Å². The molecule has 0 radical (unpaired) electrons. The zero-order chi connectivity index (χ0) is 12.7. The van der Waals surface area contributed by atoms with Gasteiger partial charge in [0, 0.05) is 0 Å². The number of primary amides is 1. The maximum atomic E-state index is 9.34. The minimum Gasteiger partial charge on any atom is -0.497 e. The van der Waals surface area contributed by atoms with E-state index < -0.39 is 12.5 Å². The lowest BCUT2D eigenvalue weighted by molar-refractivity contribution is -0.120. The number of amides is 1. The van der Waals surface area contributed by atoms with E-state index in [-0.39, 0.29) is 0 Å². The molecule has 0 spiro atoms. The lowest BCUT2D eigenvalue weighted by atomic mass is 9.92. The van der Waals surface area contributed by atoms with Crippen LogP contribution < -0.4 is 10.5 Å². The number of hydrogen-bond acceptors (Lipinski definition) is 3. The Morgan fingerprint density at radius 3 is 2.47 bits per heavy atom. The summed E-state index contributed by atoms with van der Waals surface area (Å²) in [7, 11) is 1.73. The van der Waals surface area contributed by atoms with Crippen molar-refractivity contribution in [2.75, 3.05) is 13.7 Å². The molecule has 0 aliphatic heterocycles. The van der Waals surface area contributed by atoms with E-state index in [4.69, 9.17) is 9.84 Å². The summed E-state index contributed by atoms with van der Waals surface area (Å²) >= 11 is 0. The molecule has 0 fully saturated rings. The van der Waals surface area contributed by atoms with Gasteiger partial charge in [-0.3, -0.25) is 4.79 Å². The van der Waals surface area contributed by atoms with E-state index in [0.29, 0.717) is 0 Å². The second-order valence-electron chi connectivity index (χ2n) is 3.97. The number of benzene rings is 1. The first-order valence-corrected chi connectivity index (χ1v) is 5.72. The normalized spacial score (nSPS) is 13.1. The number of carbonyl (C=O) groups excluding carboxylic acids is 1. The Balaban J connectivity index is 0.000000249. The van der Waals surface area contributed by atoms with Crippen LogP contribution in [0.25, 0.3) is 0 Å². The smallest absolute Gasteiger partial charge is 0.243 e. The molecule has 4 nitrogen and oxygen atoms in total. The first-order chi connectivity index (χ1) is 8.17. The number of rotatable bonds is 2. The number of carbonyl (C=O) groups is 1. The summed E-state index contributed by atoms with van der Waals surface area (Å²) in [6.07, 6.45) is 5.16. The van der Waals surface area contributed by atoms with E-state index in [0.717, 1.165) is 5.75 Å². The zero-order valence-corrected chi connectivity index (χ0v) is 10.1. The van der Waals surface area contributed by atoms with Crippen LogP contribution in [0.15, 0.2) is 18.2 Å². The van der Waals surface area contributed by atoms with Gasteiger partial charge in [-0.2, -0.15) is 0 Å². The molecule has 0 heterocycles. The van der Waals surface area contributed by atoms with E-state index in [1.807, 2.05) is 0 Å². The van der Waals surface area contributed by atoms with Gasteiger partial charge in [0.15, 0.2) is 0 Å². The molecule has 94 valence electrons. The van der Waals surface area contributed by atoms with Crippen LogP contribution in [0.2, 0.25) is 0 Å². The standard InChI is InChI=1S/C11H14O.C2H5NO2/c1-12-11-7-6-9-4-2-3-5-10(9)8-11;3-2(5)1-4/h6-8H,2-5H2,1H3;4H,1H2,(H2,3,5). The molecule has 0 saturated carbocycles. The van der Waals surface area contributed by atoms with Gasteiger partial charge < -0.3 is 15.6 Å². The van der Waals surface area contributed by atoms with Crippen LogP contribution in [0.4, 0.5) is 0 Å². The van der Waals surface area contributed by atoms with E-state index >= 15 is 0 Å². The first kappa shape index (κ1) is 13.5. The number of aryl methyl sites for hydroxylation is 2. The molecule has 1 amide bonds. The fraction of sp³-hybridized carbons (Fsp3) is 0.462. The predicted molar refractivity (Wildman–Crippen MR) is 65.9 cm³/mol. The number of methoxy groups -OCH3 is 1. The summed E-state index contributed by atoms with van der Waals surface area (Å²) in [4.78, 5) is 9.34. The number of ether oxygens (including phenoxy) is 1. The van der Waals surface area contributed by atoms with Crippen LogP contribution in [0.3, 0.4) is 0 Å². The Bertz CT molecular complexity index is 377. The molecular weight excluding hydrogens is 218 g/mol. The molecule has 4 heteroatoms. The highest BCUT2D eigenvalue weighted by Gasteiger charge is 2.08. The molecule has 17 heavy (non-hydrogen) atoms. The number of hydrogen-bond donors (Lipinski definition) is 2. The van der Waals surface area contributed by atoms with Crippen molar-refractivity contribution >= 4 is 5.91 Å². The van der Waals surface area contributed by atoms with Crippen LogP contribution in [0.1, 0.15) is 24.0 Å². The number of fused-ring (bicyclic) bond motifs is 1. The second-order valence-corrected chi connectivity index (χ2v) is 3.97. The minimum atomic E-state index is -0.690. The van der Waals surface area contributed by atoms with Crippen LogP contribution in [-0.4, -0.2) is 24.7 Å². The van der Waals surface area contributed by atoms with Crippen molar-refractivity contribution in [2.24, 2.45) is 5.73 Å². The fourth-order valence-corrected chi connectivity index (χ4v) is 1.84. The number of aliphatic hydroxyl groups is 1. The predicted octanol–water partition coefficient (Wildman–Crippen LogP) is 1.04. The molecule has 0 atom stereocenters. The van der Waals surface area contributed by atoms with Crippen LogP contribution in [0.5, 0.6) is 5.75 Å². The number of aliphatic hydroxyl groups excluding tert-OH is 1. The summed E-state index contributed by atoms with van der Waals surface area (Å²) in [5, 5.41) is 7.67. The molecule has 2 rings (SSSR count). The Kier molecular flexibility index (Phi) is 5.49. The third kappa shape index (κ3) is 4.44. The molecule has 0 unspecified atom stereocenters.